The van der Waals surface area contributed by atoms with Crippen molar-refractivity contribution in [1.29, 1.82) is 0 Å². The summed E-state index contributed by atoms with van der Waals surface area (Å²) in [7, 11) is 0. The molecule has 0 heterocycles. The summed E-state index contributed by atoms with van der Waals surface area (Å²) in [5.74, 6) is -7.17. The van der Waals surface area contributed by atoms with Gasteiger partial charge in [0.1, 0.15) is 0 Å². The summed E-state index contributed by atoms with van der Waals surface area (Å²) in [6.45, 7) is 1.88. The zero-order valence-corrected chi connectivity index (χ0v) is 7.30. The van der Waals surface area contributed by atoms with Gasteiger partial charge in [0.05, 0.1) is 6.54 Å². The summed E-state index contributed by atoms with van der Waals surface area (Å²) >= 11 is 0. The van der Waals surface area contributed by atoms with Gasteiger partial charge in [0.2, 0.25) is 5.91 Å². The lowest BCUT2D eigenvalue weighted by Gasteiger charge is -2.13. The summed E-state index contributed by atoms with van der Waals surface area (Å²) in [4.78, 5) is 20.7. The number of amides is 1. The van der Waals surface area contributed by atoms with Crippen LogP contribution in [0.3, 0.4) is 0 Å². The molecule has 1 amide bonds. The molecule has 0 saturated heterocycles. The minimum Gasteiger partial charge on any atom is -0.477 e. The van der Waals surface area contributed by atoms with Crippen LogP contribution in [0, 0.1) is 5.92 Å². The highest BCUT2D eigenvalue weighted by Gasteiger charge is 2.39. The molecule has 0 aromatic heterocycles. The lowest BCUT2D eigenvalue weighted by atomic mass is 10.2. The van der Waals surface area contributed by atoms with Crippen molar-refractivity contribution >= 4 is 11.9 Å². The second-order valence-electron chi connectivity index (χ2n) is 2.88. The molecular formula is C7H11F2NO3. The minimum atomic E-state index is -3.90. The van der Waals surface area contributed by atoms with Gasteiger partial charge in [-0.2, -0.15) is 8.78 Å². The standard InChI is InChI=1S/C7H11F2NO3/c1-4(2)5(11)10-3-7(8,9)6(12)13/h4H,3H2,1-2H3,(H,10,11)(H,12,13). The van der Waals surface area contributed by atoms with E-state index >= 15 is 0 Å². The number of carbonyl (C=O) groups is 2. The molecule has 0 atom stereocenters. The van der Waals surface area contributed by atoms with Crippen molar-refractivity contribution in [3.05, 3.63) is 0 Å². The molecule has 76 valence electrons. The fraction of sp³-hybridized carbons (Fsp3) is 0.714. The molecule has 0 aliphatic carbocycles. The molecule has 0 saturated carbocycles. The lowest BCUT2D eigenvalue weighted by molar-refractivity contribution is -0.164. The lowest BCUT2D eigenvalue weighted by Crippen LogP contribution is -2.43. The summed E-state index contributed by atoms with van der Waals surface area (Å²) in [5, 5.41) is 9.83. The minimum absolute atomic E-state index is 0.440. The van der Waals surface area contributed by atoms with Gasteiger partial charge < -0.3 is 10.4 Å². The summed E-state index contributed by atoms with van der Waals surface area (Å²) < 4.78 is 24.7. The molecule has 2 N–H and O–H groups in total. The van der Waals surface area contributed by atoms with Crippen molar-refractivity contribution in [2.75, 3.05) is 6.54 Å². The van der Waals surface area contributed by atoms with Gasteiger partial charge in [-0.25, -0.2) is 4.79 Å². The number of halogens is 2. The van der Waals surface area contributed by atoms with Crippen LogP contribution in [0.25, 0.3) is 0 Å². The van der Waals surface area contributed by atoms with Crippen molar-refractivity contribution in [3.63, 3.8) is 0 Å². The molecule has 0 spiro atoms. The van der Waals surface area contributed by atoms with Crippen LogP contribution in [0.15, 0.2) is 0 Å². The fourth-order valence-electron chi connectivity index (χ4n) is 0.478. The average Bonchev–Trinajstić information content (AvgIpc) is 1.99. The molecule has 0 aliphatic heterocycles. The first kappa shape index (κ1) is 11.8. The van der Waals surface area contributed by atoms with Crippen molar-refractivity contribution in [3.8, 4) is 0 Å². The Hall–Kier alpha value is -1.20. The van der Waals surface area contributed by atoms with E-state index in [1.807, 2.05) is 5.32 Å². The van der Waals surface area contributed by atoms with Crippen LogP contribution in [-0.2, 0) is 9.59 Å². The van der Waals surface area contributed by atoms with Crippen LogP contribution in [0.2, 0.25) is 0 Å². The normalized spacial score (nSPS) is 11.5. The fourth-order valence-corrected chi connectivity index (χ4v) is 0.478. The third-order valence-electron chi connectivity index (χ3n) is 1.32. The Morgan fingerprint density at radius 1 is 1.46 bits per heavy atom. The van der Waals surface area contributed by atoms with Crippen LogP contribution in [0.4, 0.5) is 8.78 Å². The largest absolute Gasteiger partial charge is 0.477 e. The number of carbonyl (C=O) groups excluding carboxylic acids is 1. The molecule has 0 fully saturated rings. The molecule has 0 radical (unpaired) electrons. The van der Waals surface area contributed by atoms with Gasteiger partial charge in [-0.15, -0.1) is 0 Å². The van der Waals surface area contributed by atoms with E-state index in [0.29, 0.717) is 0 Å². The second kappa shape index (κ2) is 4.15. The van der Waals surface area contributed by atoms with Crippen molar-refractivity contribution in [1.82, 2.24) is 5.32 Å². The first-order chi connectivity index (χ1) is 5.77. The third-order valence-corrected chi connectivity index (χ3v) is 1.32. The predicted octanol–water partition coefficient (Wildman–Crippen LogP) is 0.478. The number of hydrogen-bond acceptors (Lipinski definition) is 2. The van der Waals surface area contributed by atoms with E-state index in [9.17, 15) is 18.4 Å². The summed E-state index contributed by atoms with van der Waals surface area (Å²) in [6, 6.07) is 0. The molecule has 0 rings (SSSR count). The second-order valence-corrected chi connectivity index (χ2v) is 2.88. The topological polar surface area (TPSA) is 66.4 Å². The smallest absolute Gasteiger partial charge is 0.376 e. The molecule has 0 bridgehead atoms. The SMILES string of the molecule is CC(C)C(=O)NCC(F)(F)C(=O)O. The van der Waals surface area contributed by atoms with Gasteiger partial charge >= 0.3 is 11.9 Å². The molecule has 13 heavy (non-hydrogen) atoms. The zero-order chi connectivity index (χ0) is 10.6. The first-order valence-electron chi connectivity index (χ1n) is 3.66. The van der Waals surface area contributed by atoms with E-state index in [1.54, 1.807) is 0 Å². The van der Waals surface area contributed by atoms with Crippen molar-refractivity contribution < 1.29 is 23.5 Å². The Morgan fingerprint density at radius 3 is 2.23 bits per heavy atom. The monoisotopic (exact) mass is 195 g/mol. The highest BCUT2D eigenvalue weighted by molar-refractivity contribution is 5.80. The van der Waals surface area contributed by atoms with Crippen molar-refractivity contribution in [2.45, 2.75) is 19.8 Å². The van der Waals surface area contributed by atoms with E-state index in [0.717, 1.165) is 0 Å². The first-order valence-corrected chi connectivity index (χ1v) is 3.66. The predicted molar refractivity (Wildman–Crippen MR) is 40.4 cm³/mol. The number of carboxylic acids is 1. The van der Waals surface area contributed by atoms with Crippen LogP contribution in [-0.4, -0.2) is 29.5 Å². The highest BCUT2D eigenvalue weighted by atomic mass is 19.3. The number of aliphatic carboxylic acids is 1. The Balaban J connectivity index is 4.03. The van der Waals surface area contributed by atoms with Crippen LogP contribution in [0.5, 0.6) is 0 Å². The number of hydrogen-bond donors (Lipinski definition) is 2. The molecule has 4 nitrogen and oxygen atoms in total. The maximum atomic E-state index is 12.4. The Kier molecular flexibility index (Phi) is 3.77. The number of carboxylic acid groups (broad SMARTS) is 1. The Morgan fingerprint density at radius 2 is 1.92 bits per heavy atom. The molecule has 6 heteroatoms. The van der Waals surface area contributed by atoms with Gasteiger partial charge in [-0.3, -0.25) is 4.79 Å². The number of nitrogens with one attached hydrogen (secondary N) is 1. The van der Waals surface area contributed by atoms with Crippen LogP contribution < -0.4 is 5.32 Å². The summed E-state index contributed by atoms with van der Waals surface area (Å²) in [6.07, 6.45) is 0. The average molecular weight is 195 g/mol. The van der Waals surface area contributed by atoms with Crippen LogP contribution >= 0.6 is 0 Å². The molecule has 0 aliphatic rings. The molecule has 0 unspecified atom stereocenters. The molecular weight excluding hydrogens is 184 g/mol. The van der Waals surface area contributed by atoms with Gasteiger partial charge in [0, 0.05) is 5.92 Å². The third kappa shape index (κ3) is 3.82. The molecule has 0 aromatic carbocycles. The maximum absolute atomic E-state index is 12.4. The van der Waals surface area contributed by atoms with Gasteiger partial charge in [-0.1, -0.05) is 13.8 Å². The Labute approximate surface area is 73.9 Å². The Bertz CT molecular complexity index is 216. The van der Waals surface area contributed by atoms with Gasteiger partial charge in [-0.05, 0) is 0 Å². The number of alkyl halides is 2. The number of rotatable bonds is 4. The summed E-state index contributed by atoms with van der Waals surface area (Å²) in [5.41, 5.74) is 0. The maximum Gasteiger partial charge on any atom is 0.376 e. The quantitative estimate of drug-likeness (QED) is 0.685. The molecule has 0 aromatic rings. The van der Waals surface area contributed by atoms with E-state index in [1.165, 1.54) is 13.8 Å². The van der Waals surface area contributed by atoms with Gasteiger partial charge in [0.15, 0.2) is 0 Å². The van der Waals surface area contributed by atoms with Crippen molar-refractivity contribution in [2.24, 2.45) is 5.92 Å². The highest BCUT2D eigenvalue weighted by Crippen LogP contribution is 2.11. The zero-order valence-electron chi connectivity index (χ0n) is 7.30. The van der Waals surface area contributed by atoms with E-state index in [2.05, 4.69) is 0 Å². The van der Waals surface area contributed by atoms with Gasteiger partial charge in [0.25, 0.3) is 0 Å². The van der Waals surface area contributed by atoms with E-state index < -0.39 is 30.3 Å². The van der Waals surface area contributed by atoms with E-state index in [4.69, 9.17) is 5.11 Å². The van der Waals surface area contributed by atoms with E-state index in [-0.39, 0.29) is 0 Å². The van der Waals surface area contributed by atoms with Crippen LogP contribution in [0.1, 0.15) is 13.8 Å².